The van der Waals surface area contributed by atoms with E-state index < -0.39 is 0 Å². The standard InChI is InChI=1S/C16H16ClNO3/c1-11-8-15(20)18(16(21)9-11)14-10-13(17)6-5-12(14)4-2-3-7-19/h5-6,10-11,19H,3,7-9H2,1H3. The van der Waals surface area contributed by atoms with Gasteiger partial charge in [0.25, 0.3) is 0 Å². The Morgan fingerprint density at radius 2 is 2.00 bits per heavy atom. The highest BCUT2D eigenvalue weighted by Gasteiger charge is 2.32. The highest BCUT2D eigenvalue weighted by Crippen LogP contribution is 2.30. The molecule has 1 aromatic rings. The van der Waals surface area contributed by atoms with Gasteiger partial charge in [0.05, 0.1) is 12.3 Å². The Balaban J connectivity index is 2.42. The lowest BCUT2D eigenvalue weighted by atomic mass is 9.96. The molecule has 1 saturated heterocycles. The van der Waals surface area contributed by atoms with Crippen molar-refractivity contribution in [3.8, 4) is 11.8 Å². The minimum absolute atomic E-state index is 0.0327. The molecule has 0 bridgehead atoms. The van der Waals surface area contributed by atoms with Crippen LogP contribution in [0, 0.1) is 17.8 Å². The summed E-state index contributed by atoms with van der Waals surface area (Å²) in [6, 6.07) is 4.92. The zero-order valence-electron chi connectivity index (χ0n) is 11.7. The molecule has 0 saturated carbocycles. The second kappa shape index (κ2) is 6.75. The topological polar surface area (TPSA) is 57.6 Å². The molecule has 1 aliphatic heterocycles. The number of rotatable bonds is 2. The smallest absolute Gasteiger partial charge is 0.234 e. The first kappa shape index (κ1) is 15.6. The fraction of sp³-hybridized carbons (Fsp3) is 0.375. The Labute approximate surface area is 128 Å². The van der Waals surface area contributed by atoms with Gasteiger partial charge in [-0.1, -0.05) is 30.4 Å². The van der Waals surface area contributed by atoms with Crippen LogP contribution in [0.4, 0.5) is 5.69 Å². The van der Waals surface area contributed by atoms with E-state index in [0.717, 1.165) is 0 Å². The molecule has 0 atom stereocenters. The molecular formula is C16H16ClNO3. The molecule has 0 aliphatic carbocycles. The summed E-state index contributed by atoms with van der Waals surface area (Å²) < 4.78 is 0. The van der Waals surface area contributed by atoms with Gasteiger partial charge in [-0.25, -0.2) is 4.90 Å². The van der Waals surface area contributed by atoms with E-state index in [9.17, 15) is 9.59 Å². The summed E-state index contributed by atoms with van der Waals surface area (Å²) in [4.78, 5) is 25.5. The van der Waals surface area contributed by atoms with Gasteiger partial charge in [0.2, 0.25) is 11.8 Å². The van der Waals surface area contributed by atoms with Crippen LogP contribution in [0.25, 0.3) is 0 Å². The lowest BCUT2D eigenvalue weighted by molar-refractivity contribution is -0.130. The number of imide groups is 1. The van der Waals surface area contributed by atoms with Crippen LogP contribution in [0.3, 0.4) is 0 Å². The molecule has 1 N–H and O–H groups in total. The van der Waals surface area contributed by atoms with Gasteiger partial charge < -0.3 is 5.11 Å². The van der Waals surface area contributed by atoms with Crippen LogP contribution in [0.5, 0.6) is 0 Å². The number of hydrogen-bond acceptors (Lipinski definition) is 3. The number of carbonyl (C=O) groups excluding carboxylic acids is 2. The number of piperidine rings is 1. The van der Waals surface area contributed by atoms with Crippen molar-refractivity contribution in [2.75, 3.05) is 11.5 Å². The normalized spacial score (nSPS) is 15.9. The van der Waals surface area contributed by atoms with E-state index in [1.165, 1.54) is 4.90 Å². The third-order valence-corrected chi connectivity index (χ3v) is 3.44. The van der Waals surface area contributed by atoms with Crippen molar-refractivity contribution in [3.63, 3.8) is 0 Å². The summed E-state index contributed by atoms with van der Waals surface area (Å²) in [5, 5.41) is 9.22. The highest BCUT2D eigenvalue weighted by molar-refractivity contribution is 6.31. The average Bonchev–Trinajstić information content (AvgIpc) is 2.40. The van der Waals surface area contributed by atoms with Crippen molar-refractivity contribution >= 4 is 29.1 Å². The van der Waals surface area contributed by atoms with Gasteiger partial charge in [-0.2, -0.15) is 0 Å². The Morgan fingerprint density at radius 3 is 2.62 bits per heavy atom. The third-order valence-electron chi connectivity index (χ3n) is 3.21. The highest BCUT2D eigenvalue weighted by atomic mass is 35.5. The second-order valence-corrected chi connectivity index (χ2v) is 5.51. The zero-order valence-corrected chi connectivity index (χ0v) is 12.5. The fourth-order valence-electron chi connectivity index (χ4n) is 2.27. The molecule has 5 heteroatoms. The van der Waals surface area contributed by atoms with E-state index in [1.54, 1.807) is 18.2 Å². The minimum atomic E-state index is -0.230. The summed E-state index contributed by atoms with van der Waals surface area (Å²) >= 11 is 5.98. The van der Waals surface area contributed by atoms with Gasteiger partial charge in [-0.05, 0) is 24.1 Å². The fourth-order valence-corrected chi connectivity index (χ4v) is 2.43. The Morgan fingerprint density at radius 1 is 1.33 bits per heavy atom. The summed E-state index contributed by atoms with van der Waals surface area (Å²) in [5.74, 6) is 5.27. The van der Waals surface area contributed by atoms with Gasteiger partial charge in [0.15, 0.2) is 0 Å². The van der Waals surface area contributed by atoms with Crippen LogP contribution in [-0.4, -0.2) is 23.5 Å². The first-order valence-electron chi connectivity index (χ1n) is 6.78. The van der Waals surface area contributed by atoms with Crippen LogP contribution in [0.15, 0.2) is 18.2 Å². The van der Waals surface area contributed by atoms with E-state index in [0.29, 0.717) is 35.5 Å². The van der Waals surface area contributed by atoms with Crippen molar-refractivity contribution < 1.29 is 14.7 Å². The number of halogens is 1. The number of aliphatic hydroxyl groups is 1. The number of aliphatic hydroxyl groups excluding tert-OH is 1. The van der Waals surface area contributed by atoms with Gasteiger partial charge in [0, 0.05) is 29.8 Å². The maximum atomic E-state index is 12.2. The summed E-state index contributed by atoms with van der Waals surface area (Å²) in [6.07, 6.45) is 1.00. The van der Waals surface area contributed by atoms with Gasteiger partial charge in [-0.15, -0.1) is 0 Å². The van der Waals surface area contributed by atoms with Gasteiger partial charge in [0.1, 0.15) is 0 Å². The molecule has 1 heterocycles. The van der Waals surface area contributed by atoms with Crippen molar-refractivity contribution in [2.45, 2.75) is 26.2 Å². The number of benzene rings is 1. The van der Waals surface area contributed by atoms with Crippen LogP contribution >= 0.6 is 11.6 Å². The Kier molecular flexibility index (Phi) is 5.00. The van der Waals surface area contributed by atoms with Gasteiger partial charge in [-0.3, -0.25) is 9.59 Å². The quantitative estimate of drug-likeness (QED) is 0.674. The minimum Gasteiger partial charge on any atom is -0.395 e. The third kappa shape index (κ3) is 3.63. The molecule has 1 aliphatic rings. The number of anilines is 1. The van der Waals surface area contributed by atoms with Crippen LogP contribution in [0.1, 0.15) is 31.7 Å². The number of carbonyl (C=O) groups is 2. The van der Waals surface area contributed by atoms with Crippen LogP contribution < -0.4 is 4.90 Å². The van der Waals surface area contributed by atoms with Crippen molar-refractivity contribution in [2.24, 2.45) is 5.92 Å². The molecule has 4 nitrogen and oxygen atoms in total. The molecule has 21 heavy (non-hydrogen) atoms. The first-order chi connectivity index (χ1) is 10.0. The number of nitrogens with zero attached hydrogens (tertiary/aromatic N) is 1. The van der Waals surface area contributed by atoms with E-state index in [-0.39, 0.29) is 24.3 Å². The number of amides is 2. The summed E-state index contributed by atoms with van der Waals surface area (Å²) in [7, 11) is 0. The van der Waals surface area contributed by atoms with Crippen molar-refractivity contribution in [1.29, 1.82) is 0 Å². The second-order valence-electron chi connectivity index (χ2n) is 5.07. The monoisotopic (exact) mass is 305 g/mol. The number of hydrogen-bond donors (Lipinski definition) is 1. The average molecular weight is 306 g/mol. The molecule has 0 unspecified atom stereocenters. The molecule has 110 valence electrons. The molecule has 2 rings (SSSR count). The van der Waals surface area contributed by atoms with E-state index in [1.807, 2.05) is 6.92 Å². The van der Waals surface area contributed by atoms with E-state index in [2.05, 4.69) is 11.8 Å². The lowest BCUT2D eigenvalue weighted by Crippen LogP contribution is -2.43. The van der Waals surface area contributed by atoms with Crippen molar-refractivity contribution in [3.05, 3.63) is 28.8 Å². The molecule has 1 aromatic carbocycles. The molecule has 0 aromatic heterocycles. The Bertz CT molecular complexity index is 612. The van der Waals surface area contributed by atoms with Gasteiger partial charge >= 0.3 is 0 Å². The largest absolute Gasteiger partial charge is 0.395 e. The van der Waals surface area contributed by atoms with E-state index >= 15 is 0 Å². The lowest BCUT2D eigenvalue weighted by Gasteiger charge is -2.29. The molecular weight excluding hydrogens is 290 g/mol. The molecule has 0 spiro atoms. The zero-order chi connectivity index (χ0) is 15.4. The maximum absolute atomic E-state index is 12.2. The SMILES string of the molecule is CC1CC(=O)N(c2cc(Cl)ccc2C#CCCO)C(=O)C1. The van der Waals surface area contributed by atoms with E-state index in [4.69, 9.17) is 16.7 Å². The molecule has 2 amide bonds. The molecule has 0 radical (unpaired) electrons. The predicted molar refractivity (Wildman–Crippen MR) is 80.9 cm³/mol. The molecule has 1 fully saturated rings. The van der Waals surface area contributed by atoms with Crippen LogP contribution in [-0.2, 0) is 9.59 Å². The van der Waals surface area contributed by atoms with Crippen LogP contribution in [0.2, 0.25) is 5.02 Å². The van der Waals surface area contributed by atoms with Crippen molar-refractivity contribution in [1.82, 2.24) is 0 Å². The first-order valence-corrected chi connectivity index (χ1v) is 7.15. The Hall–Kier alpha value is -1.83. The predicted octanol–water partition coefficient (Wildman–Crippen LogP) is 2.36. The summed E-state index contributed by atoms with van der Waals surface area (Å²) in [6.45, 7) is 1.85. The maximum Gasteiger partial charge on any atom is 0.234 e. The summed E-state index contributed by atoms with van der Waals surface area (Å²) in [5.41, 5.74) is 0.985.